The van der Waals surface area contributed by atoms with E-state index in [1.165, 1.54) is 0 Å². The molecule has 0 spiro atoms. The van der Waals surface area contributed by atoms with Crippen LogP contribution in [0.5, 0.6) is 0 Å². The van der Waals surface area contributed by atoms with Gasteiger partial charge in [-0.1, -0.05) is 13.2 Å². The lowest BCUT2D eigenvalue weighted by molar-refractivity contribution is -0.137. The summed E-state index contributed by atoms with van der Waals surface area (Å²) in [5.74, 6) is -1.33. The molecule has 14 heavy (non-hydrogen) atoms. The number of carboxylic acids is 1. The molecule has 0 aromatic rings. The molecule has 0 aromatic heterocycles. The molecule has 0 radical (unpaired) electrons. The van der Waals surface area contributed by atoms with Crippen molar-refractivity contribution in [3.63, 3.8) is 0 Å². The Kier molecular flexibility index (Phi) is 12.1. The number of aliphatic carboxylic acids is 1. The van der Waals surface area contributed by atoms with Gasteiger partial charge in [-0.25, -0.2) is 4.79 Å². The Bertz CT molecular complexity index is 197. The molecule has 0 rings (SSSR count). The summed E-state index contributed by atoms with van der Waals surface area (Å²) in [6, 6.07) is 0. The van der Waals surface area contributed by atoms with Gasteiger partial charge in [-0.3, -0.25) is 4.79 Å². The standard InChI is InChI=1S/C5H6O2.C4H8O3/c1-3-5(6)7-4-2;5-3-1-2-4(6)7/h3-4H,1-2H2;5H,1-3H2,(H,6,7). The van der Waals surface area contributed by atoms with Crippen LogP contribution in [-0.4, -0.2) is 28.8 Å². The molecule has 0 saturated heterocycles. The normalized spacial score (nSPS) is 7.79. The van der Waals surface area contributed by atoms with Crippen LogP contribution >= 0.6 is 0 Å². The number of esters is 1. The van der Waals surface area contributed by atoms with Gasteiger partial charge in [0.15, 0.2) is 0 Å². The number of carboxylic acid groups (broad SMARTS) is 1. The second kappa shape index (κ2) is 11.4. The minimum absolute atomic E-state index is 0.0354. The van der Waals surface area contributed by atoms with E-state index in [0.29, 0.717) is 6.42 Å². The number of rotatable bonds is 5. The number of carbonyl (C=O) groups excluding carboxylic acids is 1. The number of hydrogen-bond donors (Lipinski definition) is 2. The van der Waals surface area contributed by atoms with Gasteiger partial charge in [-0.2, -0.15) is 0 Å². The zero-order valence-electron chi connectivity index (χ0n) is 7.81. The van der Waals surface area contributed by atoms with Gasteiger partial charge < -0.3 is 14.9 Å². The number of ether oxygens (including phenoxy) is 1. The number of aliphatic hydroxyl groups is 1. The molecule has 0 saturated carbocycles. The van der Waals surface area contributed by atoms with E-state index in [0.717, 1.165) is 12.3 Å². The fourth-order valence-corrected chi connectivity index (χ4v) is 0.361. The van der Waals surface area contributed by atoms with Gasteiger partial charge in [0, 0.05) is 19.1 Å². The Balaban J connectivity index is 0. The molecule has 0 heterocycles. The predicted molar refractivity (Wildman–Crippen MR) is 50.4 cm³/mol. The second-order valence-corrected chi connectivity index (χ2v) is 2.03. The number of hydrogen-bond acceptors (Lipinski definition) is 4. The van der Waals surface area contributed by atoms with Gasteiger partial charge in [0.25, 0.3) is 0 Å². The Morgan fingerprint density at radius 2 is 1.93 bits per heavy atom. The molecule has 2 N–H and O–H groups in total. The molecule has 0 aromatic carbocycles. The molecule has 80 valence electrons. The third-order valence-corrected chi connectivity index (χ3v) is 0.915. The Hall–Kier alpha value is -1.62. The van der Waals surface area contributed by atoms with Crippen molar-refractivity contribution in [1.29, 1.82) is 0 Å². The van der Waals surface area contributed by atoms with Crippen LogP contribution in [0.2, 0.25) is 0 Å². The predicted octanol–water partition coefficient (Wildman–Crippen LogP) is 0.703. The van der Waals surface area contributed by atoms with Gasteiger partial charge in [0.2, 0.25) is 0 Å². The van der Waals surface area contributed by atoms with E-state index < -0.39 is 11.9 Å². The number of carbonyl (C=O) groups is 2. The van der Waals surface area contributed by atoms with Crippen molar-refractivity contribution in [2.45, 2.75) is 12.8 Å². The van der Waals surface area contributed by atoms with Crippen LogP contribution in [0.25, 0.3) is 0 Å². The summed E-state index contributed by atoms with van der Waals surface area (Å²) in [5, 5.41) is 16.0. The maximum atomic E-state index is 10.0. The molecular weight excluding hydrogens is 188 g/mol. The maximum Gasteiger partial charge on any atom is 0.334 e. The molecule has 0 bridgehead atoms. The third-order valence-electron chi connectivity index (χ3n) is 0.915. The summed E-state index contributed by atoms with van der Waals surface area (Å²) in [6.07, 6.45) is 2.55. The van der Waals surface area contributed by atoms with Crippen LogP contribution < -0.4 is 0 Å². The zero-order chi connectivity index (χ0) is 11.4. The van der Waals surface area contributed by atoms with Crippen LogP contribution in [0.1, 0.15) is 12.8 Å². The van der Waals surface area contributed by atoms with Crippen molar-refractivity contribution in [1.82, 2.24) is 0 Å². The summed E-state index contributed by atoms with van der Waals surface area (Å²) < 4.78 is 4.20. The highest BCUT2D eigenvalue weighted by atomic mass is 16.5. The van der Waals surface area contributed by atoms with E-state index in [1.807, 2.05) is 0 Å². The molecular formula is C9H14O5. The first-order valence-corrected chi connectivity index (χ1v) is 3.85. The fraction of sp³-hybridized carbons (Fsp3) is 0.333. The van der Waals surface area contributed by atoms with Crippen molar-refractivity contribution in [3.05, 3.63) is 25.5 Å². The van der Waals surface area contributed by atoms with Crippen molar-refractivity contribution >= 4 is 11.9 Å². The summed E-state index contributed by atoms with van der Waals surface area (Å²) >= 11 is 0. The van der Waals surface area contributed by atoms with Crippen molar-refractivity contribution in [3.8, 4) is 0 Å². The Morgan fingerprint density at radius 3 is 2.07 bits per heavy atom. The fourth-order valence-electron chi connectivity index (χ4n) is 0.361. The smallest absolute Gasteiger partial charge is 0.334 e. The minimum Gasteiger partial charge on any atom is -0.481 e. The molecule has 0 aliphatic rings. The van der Waals surface area contributed by atoms with Crippen LogP contribution in [0.3, 0.4) is 0 Å². The van der Waals surface area contributed by atoms with E-state index in [1.54, 1.807) is 0 Å². The first-order chi connectivity index (χ1) is 6.58. The quantitative estimate of drug-likeness (QED) is 0.389. The van der Waals surface area contributed by atoms with Crippen LogP contribution in [0.4, 0.5) is 0 Å². The van der Waals surface area contributed by atoms with Gasteiger partial charge in [0.1, 0.15) is 0 Å². The lowest BCUT2D eigenvalue weighted by Gasteiger charge is -1.85. The summed E-state index contributed by atoms with van der Waals surface area (Å²) in [4.78, 5) is 19.6. The molecule has 0 aliphatic heterocycles. The minimum atomic E-state index is -0.853. The van der Waals surface area contributed by atoms with Gasteiger partial charge in [-0.05, 0) is 6.42 Å². The average Bonchev–Trinajstić information content (AvgIpc) is 2.16. The van der Waals surface area contributed by atoms with E-state index in [-0.39, 0.29) is 13.0 Å². The Morgan fingerprint density at radius 1 is 1.36 bits per heavy atom. The molecule has 0 unspecified atom stereocenters. The van der Waals surface area contributed by atoms with E-state index in [2.05, 4.69) is 17.9 Å². The molecule has 0 amide bonds. The van der Waals surface area contributed by atoms with Gasteiger partial charge in [-0.15, -0.1) is 0 Å². The summed E-state index contributed by atoms with van der Waals surface area (Å²) in [6.45, 7) is 6.28. The summed E-state index contributed by atoms with van der Waals surface area (Å²) in [7, 11) is 0. The van der Waals surface area contributed by atoms with E-state index >= 15 is 0 Å². The monoisotopic (exact) mass is 202 g/mol. The summed E-state index contributed by atoms with van der Waals surface area (Å²) in [5.41, 5.74) is 0. The SMILES string of the molecule is C=COC(=O)C=C.O=C(O)CCCO. The topological polar surface area (TPSA) is 83.8 Å². The highest BCUT2D eigenvalue weighted by Gasteiger charge is 1.91. The van der Waals surface area contributed by atoms with E-state index in [4.69, 9.17) is 10.2 Å². The van der Waals surface area contributed by atoms with Crippen LogP contribution in [0.15, 0.2) is 25.5 Å². The first kappa shape index (κ1) is 14.9. The average molecular weight is 202 g/mol. The molecule has 0 aliphatic carbocycles. The third kappa shape index (κ3) is 16.8. The number of aliphatic hydroxyl groups excluding tert-OH is 1. The largest absolute Gasteiger partial charge is 0.481 e. The Labute approximate surface area is 82.3 Å². The lowest BCUT2D eigenvalue weighted by Crippen LogP contribution is -1.95. The second-order valence-electron chi connectivity index (χ2n) is 2.03. The van der Waals surface area contributed by atoms with Crippen molar-refractivity contribution < 1.29 is 24.5 Å². The highest BCUT2D eigenvalue weighted by molar-refractivity contribution is 5.81. The molecule has 5 heteroatoms. The molecule has 5 nitrogen and oxygen atoms in total. The molecule has 0 atom stereocenters. The van der Waals surface area contributed by atoms with Crippen LogP contribution in [0, 0.1) is 0 Å². The van der Waals surface area contributed by atoms with Gasteiger partial charge in [0.05, 0.1) is 6.26 Å². The lowest BCUT2D eigenvalue weighted by atomic mass is 10.3. The molecule has 0 fully saturated rings. The maximum absolute atomic E-state index is 10.0. The van der Waals surface area contributed by atoms with Gasteiger partial charge >= 0.3 is 11.9 Å². The highest BCUT2D eigenvalue weighted by Crippen LogP contribution is 1.83. The zero-order valence-corrected chi connectivity index (χ0v) is 7.81. The van der Waals surface area contributed by atoms with Crippen molar-refractivity contribution in [2.75, 3.05) is 6.61 Å². The van der Waals surface area contributed by atoms with Crippen LogP contribution in [-0.2, 0) is 14.3 Å². The van der Waals surface area contributed by atoms with Crippen molar-refractivity contribution in [2.24, 2.45) is 0 Å². The first-order valence-electron chi connectivity index (χ1n) is 3.85. The van der Waals surface area contributed by atoms with E-state index in [9.17, 15) is 9.59 Å².